The first-order valence-corrected chi connectivity index (χ1v) is 7.30. The van der Waals surface area contributed by atoms with Crippen molar-refractivity contribution in [1.29, 1.82) is 0 Å². The van der Waals surface area contributed by atoms with E-state index in [2.05, 4.69) is 4.98 Å². The lowest BCUT2D eigenvalue weighted by molar-refractivity contribution is -0.184. The summed E-state index contributed by atoms with van der Waals surface area (Å²) < 4.78 is 25.6. The molecule has 23 heavy (non-hydrogen) atoms. The number of imidazole rings is 1. The zero-order valence-electron chi connectivity index (χ0n) is 12.3. The van der Waals surface area contributed by atoms with E-state index >= 15 is 0 Å². The molecule has 1 fully saturated rings. The second-order valence-corrected chi connectivity index (χ2v) is 5.80. The van der Waals surface area contributed by atoms with Crippen molar-refractivity contribution < 1.29 is 19.0 Å². The number of rotatable bonds is 4. The molecule has 0 spiro atoms. The molecule has 1 aliphatic rings. The van der Waals surface area contributed by atoms with Crippen LogP contribution in [0, 0.1) is 5.82 Å². The number of aliphatic hydroxyl groups is 1. The highest BCUT2D eigenvalue weighted by molar-refractivity contribution is 5.77. The van der Waals surface area contributed by atoms with Gasteiger partial charge in [-0.2, -0.15) is 0 Å². The van der Waals surface area contributed by atoms with Crippen molar-refractivity contribution in [2.45, 2.75) is 12.1 Å². The molecule has 0 radical (unpaired) electrons. The van der Waals surface area contributed by atoms with Gasteiger partial charge in [-0.3, -0.25) is 0 Å². The highest BCUT2D eigenvalue weighted by Gasteiger charge is 2.36. The number of halogens is 1. The minimum Gasteiger partial charge on any atom is -0.457 e. The van der Waals surface area contributed by atoms with E-state index in [-0.39, 0.29) is 5.82 Å². The van der Waals surface area contributed by atoms with E-state index in [4.69, 9.17) is 9.47 Å². The summed E-state index contributed by atoms with van der Waals surface area (Å²) in [5.74, 6) is 0.882. The summed E-state index contributed by atoms with van der Waals surface area (Å²) in [4.78, 5) is 4.33. The number of benzene rings is 2. The summed E-state index contributed by atoms with van der Waals surface area (Å²) >= 11 is 0. The number of hydrogen-bond donors (Lipinski definition) is 1. The van der Waals surface area contributed by atoms with Crippen molar-refractivity contribution >= 4 is 11.0 Å². The summed E-state index contributed by atoms with van der Waals surface area (Å²) in [6, 6.07) is 11.4. The Morgan fingerprint density at radius 1 is 1.17 bits per heavy atom. The van der Waals surface area contributed by atoms with Crippen LogP contribution in [0.15, 0.2) is 48.8 Å². The maximum atomic E-state index is 12.9. The monoisotopic (exact) mass is 314 g/mol. The molecule has 1 N–H and O–H groups in total. The number of nitrogens with zero attached hydrogens (tertiary/aromatic N) is 2. The molecule has 1 aromatic heterocycles. The van der Waals surface area contributed by atoms with E-state index in [9.17, 15) is 9.50 Å². The first-order chi connectivity index (χ1) is 11.1. The average Bonchev–Trinajstić information content (AvgIpc) is 2.90. The average molecular weight is 314 g/mol. The van der Waals surface area contributed by atoms with Gasteiger partial charge >= 0.3 is 0 Å². The van der Waals surface area contributed by atoms with Gasteiger partial charge in [-0.25, -0.2) is 9.37 Å². The Kier molecular flexibility index (Phi) is 3.28. The molecule has 118 valence electrons. The molecule has 0 atom stereocenters. The van der Waals surface area contributed by atoms with E-state index in [0.29, 0.717) is 31.3 Å². The fourth-order valence-electron chi connectivity index (χ4n) is 2.61. The van der Waals surface area contributed by atoms with E-state index in [1.807, 2.05) is 22.8 Å². The third-order valence-corrected chi connectivity index (χ3v) is 3.85. The van der Waals surface area contributed by atoms with Crippen LogP contribution in [0.5, 0.6) is 11.5 Å². The van der Waals surface area contributed by atoms with Crippen LogP contribution in [0.3, 0.4) is 0 Å². The molecule has 2 aromatic carbocycles. The van der Waals surface area contributed by atoms with Crippen molar-refractivity contribution in [1.82, 2.24) is 9.55 Å². The quantitative estimate of drug-likeness (QED) is 0.804. The minimum absolute atomic E-state index is 0.304. The summed E-state index contributed by atoms with van der Waals surface area (Å²) in [5, 5.41) is 10.2. The zero-order chi connectivity index (χ0) is 15.9. The van der Waals surface area contributed by atoms with Gasteiger partial charge in [0.2, 0.25) is 0 Å². The molecule has 1 aliphatic heterocycles. The predicted molar refractivity (Wildman–Crippen MR) is 82.0 cm³/mol. The lowest BCUT2D eigenvalue weighted by atomic mass is 10.0. The van der Waals surface area contributed by atoms with Crippen molar-refractivity contribution in [3.05, 3.63) is 54.6 Å². The third-order valence-electron chi connectivity index (χ3n) is 3.85. The molecular weight excluding hydrogens is 299 g/mol. The van der Waals surface area contributed by atoms with E-state index in [1.54, 1.807) is 18.5 Å². The summed E-state index contributed by atoms with van der Waals surface area (Å²) in [5.41, 5.74) is 0.854. The molecule has 1 saturated heterocycles. The molecule has 6 heteroatoms. The topological polar surface area (TPSA) is 56.5 Å². The van der Waals surface area contributed by atoms with Crippen molar-refractivity contribution in [3.63, 3.8) is 0 Å². The van der Waals surface area contributed by atoms with E-state index in [1.165, 1.54) is 12.1 Å². The Bertz CT molecular complexity index is 841. The molecule has 0 saturated carbocycles. The molecule has 0 unspecified atom stereocenters. The van der Waals surface area contributed by atoms with E-state index in [0.717, 1.165) is 11.0 Å². The normalized spacial score (nSPS) is 16.3. The van der Waals surface area contributed by atoms with Gasteiger partial charge in [-0.1, -0.05) is 0 Å². The van der Waals surface area contributed by atoms with Crippen LogP contribution in [0.1, 0.15) is 0 Å². The molecule has 0 aliphatic carbocycles. The maximum Gasteiger partial charge on any atom is 0.129 e. The summed E-state index contributed by atoms with van der Waals surface area (Å²) in [6.07, 6.45) is 1.70. The van der Waals surface area contributed by atoms with Crippen molar-refractivity contribution in [2.24, 2.45) is 0 Å². The fourth-order valence-corrected chi connectivity index (χ4v) is 2.61. The molecular formula is C17H15FN2O3. The van der Waals surface area contributed by atoms with Crippen LogP contribution in [0.4, 0.5) is 4.39 Å². The predicted octanol–water partition coefficient (Wildman–Crippen LogP) is 2.73. The largest absolute Gasteiger partial charge is 0.457 e. The van der Waals surface area contributed by atoms with Crippen molar-refractivity contribution in [3.8, 4) is 11.5 Å². The second-order valence-electron chi connectivity index (χ2n) is 5.80. The molecule has 3 aromatic rings. The first-order valence-electron chi connectivity index (χ1n) is 7.30. The second kappa shape index (κ2) is 5.33. The lowest BCUT2D eigenvalue weighted by Crippen LogP contribution is -2.52. The van der Waals surface area contributed by atoms with Gasteiger partial charge in [0.1, 0.15) is 22.9 Å². The highest BCUT2D eigenvalue weighted by atomic mass is 19.1. The van der Waals surface area contributed by atoms with Gasteiger partial charge in [-0.15, -0.1) is 0 Å². The minimum atomic E-state index is -0.832. The van der Waals surface area contributed by atoms with Crippen LogP contribution in [-0.4, -0.2) is 33.5 Å². The Hall–Kier alpha value is -2.44. The Morgan fingerprint density at radius 2 is 1.91 bits per heavy atom. The van der Waals surface area contributed by atoms with Crippen LogP contribution < -0.4 is 4.74 Å². The van der Waals surface area contributed by atoms with Gasteiger partial charge in [0, 0.05) is 6.07 Å². The highest BCUT2D eigenvalue weighted by Crippen LogP contribution is 2.27. The lowest BCUT2D eigenvalue weighted by Gasteiger charge is -2.36. The molecule has 0 bridgehead atoms. The number of fused-ring (bicyclic) bond motifs is 1. The molecule has 5 nitrogen and oxygen atoms in total. The van der Waals surface area contributed by atoms with Gasteiger partial charge in [0.05, 0.1) is 37.1 Å². The maximum absolute atomic E-state index is 12.9. The van der Waals surface area contributed by atoms with Crippen LogP contribution >= 0.6 is 0 Å². The Morgan fingerprint density at radius 3 is 2.61 bits per heavy atom. The van der Waals surface area contributed by atoms with Crippen LogP contribution in [0.25, 0.3) is 11.0 Å². The Labute approximate surface area is 131 Å². The Balaban J connectivity index is 1.62. The summed E-state index contributed by atoms with van der Waals surface area (Å²) in [7, 11) is 0. The van der Waals surface area contributed by atoms with Gasteiger partial charge in [0.25, 0.3) is 0 Å². The van der Waals surface area contributed by atoms with Crippen LogP contribution in [0.2, 0.25) is 0 Å². The van der Waals surface area contributed by atoms with Crippen molar-refractivity contribution in [2.75, 3.05) is 13.2 Å². The standard InChI is InChI=1S/C17H15FN2O3/c18-12-1-3-13(4-2-12)23-14-5-6-15-16(7-14)20(11-19-15)8-17(21)9-22-10-17/h1-7,11,21H,8-10H2. The smallest absolute Gasteiger partial charge is 0.129 e. The molecule has 4 rings (SSSR count). The first kappa shape index (κ1) is 14.2. The number of hydrogen-bond acceptors (Lipinski definition) is 4. The van der Waals surface area contributed by atoms with Gasteiger partial charge < -0.3 is 19.1 Å². The number of aromatic nitrogens is 2. The molecule has 0 amide bonds. The number of ether oxygens (including phenoxy) is 2. The SMILES string of the molecule is OC1(Cn2cnc3ccc(Oc4ccc(F)cc4)cc32)COC1. The summed E-state index contributed by atoms with van der Waals surface area (Å²) in [6.45, 7) is 1.08. The third kappa shape index (κ3) is 2.78. The van der Waals surface area contributed by atoms with E-state index < -0.39 is 5.60 Å². The van der Waals surface area contributed by atoms with Gasteiger partial charge in [-0.05, 0) is 36.4 Å². The van der Waals surface area contributed by atoms with Gasteiger partial charge in [0.15, 0.2) is 0 Å². The van der Waals surface area contributed by atoms with Crippen LogP contribution in [-0.2, 0) is 11.3 Å². The zero-order valence-corrected chi connectivity index (χ0v) is 12.3. The molecule has 2 heterocycles. The fraction of sp³-hybridized carbons (Fsp3) is 0.235.